The van der Waals surface area contributed by atoms with Crippen molar-refractivity contribution in [2.75, 3.05) is 0 Å². The predicted octanol–water partition coefficient (Wildman–Crippen LogP) is 4.30. The van der Waals surface area contributed by atoms with Gasteiger partial charge in [0.1, 0.15) is 11.5 Å². The number of ketones is 1. The van der Waals surface area contributed by atoms with Gasteiger partial charge >= 0.3 is 0 Å². The fourth-order valence-corrected chi connectivity index (χ4v) is 2.98. The maximum Gasteiger partial charge on any atom is 0.269 e. The second-order valence-corrected chi connectivity index (χ2v) is 6.33. The minimum atomic E-state index is -0.719. The van der Waals surface area contributed by atoms with E-state index in [1.807, 2.05) is 36.6 Å². The fraction of sp³-hybridized carbons (Fsp3) is 0.250. The smallest absolute Gasteiger partial charge is 0.269 e. The van der Waals surface area contributed by atoms with Crippen molar-refractivity contribution >= 4 is 11.5 Å². The third-order valence-corrected chi connectivity index (χ3v) is 4.46. The van der Waals surface area contributed by atoms with Crippen LogP contribution < -0.4 is 4.74 Å². The van der Waals surface area contributed by atoms with E-state index in [1.165, 1.54) is 24.3 Å². The number of ether oxygens (including phenoxy) is 1. The number of carbonyl (C=O) groups excluding carboxylic acids is 1. The Morgan fingerprint density at radius 2 is 1.96 bits per heavy atom. The number of non-ortho nitro benzene ring substituents is 1. The minimum Gasteiger partial charge on any atom is -0.483 e. The van der Waals surface area contributed by atoms with Gasteiger partial charge in [-0.3, -0.25) is 14.9 Å². The molecule has 2 heterocycles. The van der Waals surface area contributed by atoms with Gasteiger partial charge in [0.05, 0.1) is 17.7 Å². The first-order valence-electron chi connectivity index (χ1n) is 8.51. The average molecular weight is 368 g/mol. The normalized spacial score (nSPS) is 12.0. The topological polar surface area (TPSA) is 87.5 Å². The van der Waals surface area contributed by atoms with Crippen LogP contribution in [-0.2, 0) is 6.54 Å². The van der Waals surface area contributed by atoms with Gasteiger partial charge in [0.15, 0.2) is 6.10 Å². The molecule has 0 amide bonds. The molecule has 0 aliphatic rings. The van der Waals surface area contributed by atoms with E-state index >= 15 is 0 Å². The van der Waals surface area contributed by atoms with Gasteiger partial charge in [-0.2, -0.15) is 0 Å². The Kier molecular flexibility index (Phi) is 5.12. The largest absolute Gasteiger partial charge is 0.483 e. The maximum absolute atomic E-state index is 12.8. The van der Waals surface area contributed by atoms with Crippen LogP contribution in [-0.4, -0.2) is 21.4 Å². The van der Waals surface area contributed by atoms with Crippen LogP contribution in [0.5, 0.6) is 5.75 Å². The van der Waals surface area contributed by atoms with Crippen LogP contribution in [0.1, 0.15) is 34.4 Å². The summed E-state index contributed by atoms with van der Waals surface area (Å²) in [4.78, 5) is 23.1. The zero-order valence-electron chi connectivity index (χ0n) is 15.3. The number of rotatable bonds is 7. The lowest BCUT2D eigenvalue weighted by atomic mass is 10.1. The summed E-state index contributed by atoms with van der Waals surface area (Å²) in [6.07, 6.45) is 0.902. The first-order chi connectivity index (χ1) is 12.9. The third-order valence-electron chi connectivity index (χ3n) is 4.46. The van der Waals surface area contributed by atoms with Gasteiger partial charge in [-0.15, -0.1) is 0 Å². The molecule has 7 nitrogen and oxygen atoms in total. The predicted molar refractivity (Wildman–Crippen MR) is 99.2 cm³/mol. The van der Waals surface area contributed by atoms with E-state index in [2.05, 4.69) is 0 Å². The Morgan fingerprint density at radius 1 is 1.26 bits per heavy atom. The molecule has 0 unspecified atom stereocenters. The molecular weight excluding hydrogens is 348 g/mol. The Balaban J connectivity index is 1.75. The van der Waals surface area contributed by atoms with E-state index in [1.54, 1.807) is 13.2 Å². The third kappa shape index (κ3) is 3.92. The molecular formula is C20H20N2O5. The van der Waals surface area contributed by atoms with Crippen LogP contribution in [0.2, 0.25) is 0 Å². The number of carbonyl (C=O) groups is 1. The molecule has 0 bridgehead atoms. The van der Waals surface area contributed by atoms with E-state index < -0.39 is 11.0 Å². The number of Topliss-reactive ketones (excluding diaryl/α,β-unsaturated/α-hetero) is 1. The van der Waals surface area contributed by atoms with Gasteiger partial charge < -0.3 is 13.7 Å². The van der Waals surface area contributed by atoms with Crippen LogP contribution in [0.15, 0.2) is 53.1 Å². The highest BCUT2D eigenvalue weighted by atomic mass is 16.6. The van der Waals surface area contributed by atoms with E-state index in [9.17, 15) is 14.9 Å². The van der Waals surface area contributed by atoms with Crippen LogP contribution in [0.4, 0.5) is 5.69 Å². The van der Waals surface area contributed by atoms with Crippen molar-refractivity contribution in [2.45, 2.75) is 33.4 Å². The molecule has 27 heavy (non-hydrogen) atoms. The number of nitro benzene ring substituents is 1. The van der Waals surface area contributed by atoms with Crippen molar-refractivity contribution in [3.8, 4) is 5.75 Å². The zero-order chi connectivity index (χ0) is 19.6. The Labute approximate surface area is 156 Å². The summed E-state index contributed by atoms with van der Waals surface area (Å²) >= 11 is 0. The van der Waals surface area contributed by atoms with Crippen LogP contribution >= 0.6 is 0 Å². The van der Waals surface area contributed by atoms with E-state index in [0.29, 0.717) is 17.9 Å². The molecule has 3 aromatic rings. The van der Waals surface area contributed by atoms with Crippen molar-refractivity contribution in [3.63, 3.8) is 0 Å². The van der Waals surface area contributed by atoms with Crippen molar-refractivity contribution < 1.29 is 18.9 Å². The molecule has 0 aliphatic heterocycles. The highest BCUT2D eigenvalue weighted by Crippen LogP contribution is 2.22. The molecule has 0 fully saturated rings. The quantitative estimate of drug-likeness (QED) is 0.352. The highest BCUT2D eigenvalue weighted by Gasteiger charge is 2.23. The summed E-state index contributed by atoms with van der Waals surface area (Å²) in [5.74, 6) is 1.07. The second kappa shape index (κ2) is 7.49. The Morgan fingerprint density at radius 3 is 2.56 bits per heavy atom. The van der Waals surface area contributed by atoms with Gasteiger partial charge in [0, 0.05) is 29.1 Å². The summed E-state index contributed by atoms with van der Waals surface area (Å²) in [6.45, 7) is 6.05. The maximum atomic E-state index is 12.8. The van der Waals surface area contributed by atoms with Crippen molar-refractivity contribution in [2.24, 2.45) is 0 Å². The monoisotopic (exact) mass is 368 g/mol. The lowest BCUT2D eigenvalue weighted by Crippen LogP contribution is -2.24. The highest BCUT2D eigenvalue weighted by molar-refractivity contribution is 6.00. The van der Waals surface area contributed by atoms with Crippen LogP contribution in [0, 0.1) is 24.0 Å². The zero-order valence-corrected chi connectivity index (χ0v) is 15.3. The summed E-state index contributed by atoms with van der Waals surface area (Å²) < 4.78 is 13.1. The number of benzene rings is 1. The van der Waals surface area contributed by atoms with Gasteiger partial charge in [-0.1, -0.05) is 0 Å². The number of furan rings is 1. The molecule has 2 aromatic heterocycles. The number of aromatic nitrogens is 1. The van der Waals surface area contributed by atoms with Crippen molar-refractivity contribution in [1.29, 1.82) is 0 Å². The molecule has 1 aromatic carbocycles. The van der Waals surface area contributed by atoms with Gasteiger partial charge in [0.25, 0.3) is 5.69 Å². The molecule has 0 saturated heterocycles. The SMILES string of the molecule is Cc1cc(C(=O)[C@@H](C)Oc2ccc([N+](=O)[O-])cc2)c(C)n1Cc1ccco1. The average Bonchev–Trinajstić information content (AvgIpc) is 3.25. The van der Waals surface area contributed by atoms with E-state index in [4.69, 9.17) is 9.15 Å². The molecule has 0 N–H and O–H groups in total. The molecule has 0 aliphatic carbocycles. The number of hydrogen-bond acceptors (Lipinski definition) is 5. The van der Waals surface area contributed by atoms with E-state index in [-0.39, 0.29) is 11.5 Å². The lowest BCUT2D eigenvalue weighted by molar-refractivity contribution is -0.384. The van der Waals surface area contributed by atoms with Crippen LogP contribution in [0.3, 0.4) is 0 Å². The summed E-state index contributed by atoms with van der Waals surface area (Å²) in [6, 6.07) is 11.2. The van der Waals surface area contributed by atoms with Crippen molar-refractivity contribution in [1.82, 2.24) is 4.57 Å². The second-order valence-electron chi connectivity index (χ2n) is 6.33. The molecule has 0 saturated carbocycles. The summed E-state index contributed by atoms with van der Waals surface area (Å²) in [5, 5.41) is 10.7. The van der Waals surface area contributed by atoms with Gasteiger partial charge in [-0.25, -0.2) is 0 Å². The van der Waals surface area contributed by atoms with Crippen LogP contribution in [0.25, 0.3) is 0 Å². The van der Waals surface area contributed by atoms with Crippen molar-refractivity contribution in [3.05, 3.63) is 81.6 Å². The Hall–Kier alpha value is -3.35. The molecule has 0 radical (unpaired) electrons. The lowest BCUT2D eigenvalue weighted by Gasteiger charge is -2.14. The van der Waals surface area contributed by atoms with Gasteiger partial charge in [0.2, 0.25) is 5.78 Å². The summed E-state index contributed by atoms with van der Waals surface area (Å²) in [5.41, 5.74) is 2.36. The summed E-state index contributed by atoms with van der Waals surface area (Å²) in [7, 11) is 0. The molecule has 3 rings (SSSR count). The molecule has 140 valence electrons. The molecule has 7 heteroatoms. The van der Waals surface area contributed by atoms with E-state index in [0.717, 1.165) is 17.1 Å². The number of nitrogens with zero attached hydrogens (tertiary/aromatic N) is 2. The molecule has 0 spiro atoms. The Bertz CT molecular complexity index is 955. The fourth-order valence-electron chi connectivity index (χ4n) is 2.98. The number of aryl methyl sites for hydroxylation is 1. The van der Waals surface area contributed by atoms with Gasteiger partial charge in [-0.05, 0) is 51.1 Å². The minimum absolute atomic E-state index is 0.0252. The first kappa shape index (κ1) is 18.4. The number of hydrogen-bond donors (Lipinski definition) is 0. The number of nitro groups is 1. The molecule has 1 atom stereocenters. The first-order valence-corrected chi connectivity index (χ1v) is 8.51. The standard InChI is InChI=1S/C20H20N2O5/c1-13-11-19(14(2)21(13)12-18-5-4-10-26-18)20(23)15(3)27-17-8-6-16(7-9-17)22(24)25/h4-11,15H,12H2,1-3H3/t15-/m1/s1.